The van der Waals surface area contributed by atoms with Gasteiger partial charge in [0.25, 0.3) is 0 Å². The van der Waals surface area contributed by atoms with Crippen LogP contribution in [0.15, 0.2) is 164 Å². The van der Waals surface area contributed by atoms with Gasteiger partial charge in [0.1, 0.15) is 5.82 Å². The van der Waals surface area contributed by atoms with Gasteiger partial charge >= 0.3 is 0 Å². The highest BCUT2D eigenvalue weighted by Crippen LogP contribution is 2.65. The summed E-state index contributed by atoms with van der Waals surface area (Å²) >= 11 is 0. The largest absolute Gasteiger partial charge is 0.324 e. The predicted octanol–water partition coefficient (Wildman–Crippen LogP) is 12.4. The van der Waals surface area contributed by atoms with Crippen molar-refractivity contribution in [2.75, 3.05) is 0 Å². The highest BCUT2D eigenvalue weighted by atomic mass is 15.1. The van der Waals surface area contributed by atoms with E-state index in [1.165, 1.54) is 82.7 Å². The fraction of sp³-hybridized carbons (Fsp3) is 0.0816. The van der Waals surface area contributed by atoms with Crippen LogP contribution >= 0.6 is 0 Å². The van der Waals surface area contributed by atoms with Crippen molar-refractivity contribution < 1.29 is 0 Å². The Labute approximate surface area is 297 Å². The third kappa shape index (κ3) is 3.80. The highest BCUT2D eigenvalue weighted by molar-refractivity contribution is 6.09. The molecule has 0 unspecified atom stereocenters. The number of imidazole rings is 1. The van der Waals surface area contributed by atoms with Gasteiger partial charge in [-0.1, -0.05) is 146 Å². The molecule has 0 fully saturated rings. The number of nitrogens with zero attached hydrogens (tertiary/aromatic N) is 2. The molecule has 0 atom stereocenters. The lowest BCUT2D eigenvalue weighted by atomic mass is 9.68. The molecule has 9 aromatic rings. The summed E-state index contributed by atoms with van der Waals surface area (Å²) in [7, 11) is 0. The van der Waals surface area contributed by atoms with Gasteiger partial charge in [-0.2, -0.15) is 0 Å². The maximum Gasteiger partial charge on any atom is 0.141 e. The minimum absolute atomic E-state index is 0.419. The van der Waals surface area contributed by atoms with Crippen LogP contribution in [0.4, 0.5) is 0 Å². The molecule has 8 aromatic carbocycles. The molecule has 0 saturated carbocycles. The molecule has 2 aliphatic rings. The molecule has 2 aliphatic carbocycles. The molecule has 2 heteroatoms. The molecule has 0 radical (unpaired) electrons. The first-order valence-electron chi connectivity index (χ1n) is 18.1. The second kappa shape index (κ2) is 10.6. The number of para-hydroxylation sites is 2. The minimum Gasteiger partial charge on any atom is -0.324 e. The smallest absolute Gasteiger partial charge is 0.141 e. The summed E-state index contributed by atoms with van der Waals surface area (Å²) in [5.74, 6) is 1.03. The summed E-state index contributed by atoms with van der Waals surface area (Å²) < 4.78 is 2.37. The Kier molecular flexibility index (Phi) is 5.95. The summed E-state index contributed by atoms with van der Waals surface area (Å²) in [4.78, 5) is 5.11. The summed E-state index contributed by atoms with van der Waals surface area (Å²) in [5.41, 5.74) is 16.3. The van der Waals surface area contributed by atoms with Crippen molar-refractivity contribution in [3.05, 3.63) is 186 Å². The van der Waals surface area contributed by atoms with Crippen molar-refractivity contribution in [3.8, 4) is 44.8 Å². The second-order valence-corrected chi connectivity index (χ2v) is 14.1. The van der Waals surface area contributed by atoms with Crippen LogP contribution in [0, 0.1) is 0 Å². The normalized spacial score (nSPS) is 13.5. The molecule has 1 aromatic heterocycles. The molecule has 51 heavy (non-hydrogen) atoms. The average Bonchev–Trinajstić information content (AvgIpc) is 3.82. The fourth-order valence-electron chi connectivity index (χ4n) is 9.52. The molecule has 0 bridgehead atoms. The number of rotatable bonds is 4. The molecule has 240 valence electrons. The molecule has 0 N–H and O–H groups in total. The number of benzene rings is 8. The SMILES string of the molecule is CCCn1c(-c2cccc(-c3ccc4c5c(ccc4c3)-c3ccc4ccccc4c3C53c4ccccc4-c4ccccc43)c2)nc2ccccc21. The molecular formula is C49H34N2. The first-order valence-corrected chi connectivity index (χ1v) is 18.1. The van der Waals surface area contributed by atoms with Gasteiger partial charge in [-0.15, -0.1) is 0 Å². The zero-order chi connectivity index (χ0) is 33.7. The van der Waals surface area contributed by atoms with E-state index >= 15 is 0 Å². The van der Waals surface area contributed by atoms with E-state index in [1.807, 2.05) is 0 Å². The topological polar surface area (TPSA) is 17.8 Å². The van der Waals surface area contributed by atoms with Crippen LogP contribution in [0.2, 0.25) is 0 Å². The molecular weight excluding hydrogens is 617 g/mol. The first kappa shape index (κ1) is 28.6. The minimum atomic E-state index is -0.419. The predicted molar refractivity (Wildman–Crippen MR) is 212 cm³/mol. The molecule has 1 heterocycles. The molecule has 1 spiro atoms. The van der Waals surface area contributed by atoms with Crippen LogP contribution in [0.5, 0.6) is 0 Å². The van der Waals surface area contributed by atoms with Crippen LogP contribution < -0.4 is 0 Å². The lowest BCUT2D eigenvalue weighted by Gasteiger charge is -2.32. The Bertz CT molecular complexity index is 2840. The van der Waals surface area contributed by atoms with E-state index in [2.05, 4.69) is 175 Å². The van der Waals surface area contributed by atoms with Gasteiger partial charge in [0.05, 0.1) is 16.4 Å². The number of hydrogen-bond acceptors (Lipinski definition) is 1. The van der Waals surface area contributed by atoms with Crippen molar-refractivity contribution >= 4 is 32.6 Å². The molecule has 0 saturated heterocycles. The molecule has 2 nitrogen and oxygen atoms in total. The molecule has 0 amide bonds. The zero-order valence-electron chi connectivity index (χ0n) is 28.4. The zero-order valence-corrected chi connectivity index (χ0v) is 28.4. The Morgan fingerprint density at radius 2 is 1.12 bits per heavy atom. The van der Waals surface area contributed by atoms with Crippen molar-refractivity contribution in [2.45, 2.75) is 25.3 Å². The van der Waals surface area contributed by atoms with Crippen LogP contribution in [0.1, 0.15) is 35.6 Å². The Hall–Kier alpha value is -6.25. The van der Waals surface area contributed by atoms with Gasteiger partial charge in [-0.3, -0.25) is 0 Å². The van der Waals surface area contributed by atoms with Crippen molar-refractivity contribution in [1.29, 1.82) is 0 Å². The number of fused-ring (bicyclic) bond motifs is 15. The quantitative estimate of drug-likeness (QED) is 0.185. The van der Waals surface area contributed by atoms with Gasteiger partial charge in [-0.05, 0) is 108 Å². The summed E-state index contributed by atoms with van der Waals surface area (Å²) in [6, 6.07) is 61.1. The van der Waals surface area contributed by atoms with E-state index in [4.69, 9.17) is 4.98 Å². The molecule has 0 aliphatic heterocycles. The van der Waals surface area contributed by atoms with Crippen LogP contribution in [-0.4, -0.2) is 9.55 Å². The van der Waals surface area contributed by atoms with Crippen molar-refractivity contribution in [2.24, 2.45) is 0 Å². The fourth-order valence-corrected chi connectivity index (χ4v) is 9.52. The third-order valence-corrected chi connectivity index (χ3v) is 11.5. The average molecular weight is 651 g/mol. The van der Waals surface area contributed by atoms with E-state index in [9.17, 15) is 0 Å². The van der Waals surface area contributed by atoms with Gasteiger partial charge in [0.2, 0.25) is 0 Å². The van der Waals surface area contributed by atoms with E-state index in [-0.39, 0.29) is 0 Å². The maximum atomic E-state index is 5.11. The van der Waals surface area contributed by atoms with Crippen molar-refractivity contribution in [1.82, 2.24) is 9.55 Å². The third-order valence-electron chi connectivity index (χ3n) is 11.5. The number of hydrogen-bond donors (Lipinski definition) is 0. The van der Waals surface area contributed by atoms with Gasteiger partial charge < -0.3 is 4.57 Å². The standard InChI is InChI=1S/C49H34N2/c1-2-28-51-45-21-10-9-20-44(45)50-48(51)35-14-11-13-32(30-35)33-23-25-37-34(29-33)24-27-41-40-26-22-31-12-3-4-15-36(31)46(40)49(47(37)41)42-18-7-5-16-38(42)39-17-6-8-19-43(39)49/h3-27,29-30H,2,28H2,1H3. The van der Waals surface area contributed by atoms with Crippen LogP contribution in [0.25, 0.3) is 77.3 Å². The van der Waals surface area contributed by atoms with Crippen LogP contribution in [-0.2, 0) is 12.0 Å². The van der Waals surface area contributed by atoms with Gasteiger partial charge in [-0.25, -0.2) is 4.98 Å². The van der Waals surface area contributed by atoms with E-state index in [0.29, 0.717) is 0 Å². The summed E-state index contributed by atoms with van der Waals surface area (Å²) in [6.45, 7) is 3.17. The van der Waals surface area contributed by atoms with Crippen LogP contribution in [0.3, 0.4) is 0 Å². The Balaban J connectivity index is 1.15. The Morgan fingerprint density at radius 1 is 0.490 bits per heavy atom. The van der Waals surface area contributed by atoms with Gasteiger partial charge in [0, 0.05) is 12.1 Å². The van der Waals surface area contributed by atoms with Crippen molar-refractivity contribution in [3.63, 3.8) is 0 Å². The second-order valence-electron chi connectivity index (χ2n) is 14.1. The van der Waals surface area contributed by atoms with E-state index in [0.717, 1.165) is 29.9 Å². The monoisotopic (exact) mass is 650 g/mol. The van der Waals surface area contributed by atoms with Gasteiger partial charge in [0.15, 0.2) is 0 Å². The molecule has 11 rings (SSSR count). The lowest BCUT2D eigenvalue weighted by Crippen LogP contribution is -2.26. The summed E-state index contributed by atoms with van der Waals surface area (Å²) in [6.07, 6.45) is 1.05. The maximum absolute atomic E-state index is 5.11. The highest BCUT2D eigenvalue weighted by Gasteiger charge is 2.53. The van der Waals surface area contributed by atoms with E-state index in [1.54, 1.807) is 0 Å². The summed E-state index contributed by atoms with van der Waals surface area (Å²) in [5, 5.41) is 5.18. The first-order chi connectivity index (χ1) is 25.3. The lowest BCUT2D eigenvalue weighted by molar-refractivity contribution is 0.704. The number of aryl methyl sites for hydroxylation is 1. The van der Waals surface area contributed by atoms with E-state index < -0.39 is 5.41 Å². The Morgan fingerprint density at radius 3 is 1.90 bits per heavy atom. The number of aromatic nitrogens is 2.